The van der Waals surface area contributed by atoms with Crippen molar-refractivity contribution >= 4 is 93.1 Å². The molecule has 0 fully saturated rings. The first-order chi connectivity index (χ1) is 32.5. The van der Waals surface area contributed by atoms with E-state index in [1.165, 1.54) is 65.5 Å². The standard InChI is InChI=1S/C63H42N2O/c1-63(2)56-20-10-7-17-50(56)51-34-32-44(38-57(51)63)64(43-31-33-49-47-15-4-3-13-45(47)46-14-5-6-16-48(46)55(49)37-43)41-27-23-39(24-28-41)40-25-29-42(30-26-40)65-58-21-11-8-19-54(58)61-59(65)36-35-53-52-18-9-12-22-60(52)66-62(53)61/h3-38H,1-2H3. The monoisotopic (exact) mass is 842 g/mol. The fraction of sp³-hybridized carbons (Fsp3) is 0.0476. The molecular formula is C63H42N2O. The van der Waals surface area contributed by atoms with E-state index in [1.807, 2.05) is 6.07 Å². The van der Waals surface area contributed by atoms with Crippen LogP contribution in [-0.2, 0) is 5.41 Å². The van der Waals surface area contributed by atoms with Gasteiger partial charge < -0.3 is 13.9 Å². The van der Waals surface area contributed by atoms with Crippen LogP contribution in [0.25, 0.3) is 104 Å². The lowest BCUT2D eigenvalue weighted by molar-refractivity contribution is 0.660. The van der Waals surface area contributed by atoms with Crippen molar-refractivity contribution in [2.45, 2.75) is 19.3 Å². The maximum absolute atomic E-state index is 6.56. The minimum atomic E-state index is -0.124. The van der Waals surface area contributed by atoms with E-state index in [0.717, 1.165) is 66.7 Å². The van der Waals surface area contributed by atoms with Crippen molar-refractivity contribution < 1.29 is 4.42 Å². The molecule has 310 valence electrons. The molecule has 0 saturated heterocycles. The van der Waals surface area contributed by atoms with Gasteiger partial charge in [0, 0.05) is 44.3 Å². The minimum absolute atomic E-state index is 0.124. The van der Waals surface area contributed by atoms with E-state index in [2.05, 4.69) is 236 Å². The lowest BCUT2D eigenvalue weighted by Gasteiger charge is -2.28. The number of aromatic nitrogens is 1. The second-order valence-electron chi connectivity index (χ2n) is 18.4. The Morgan fingerprint density at radius 3 is 1.65 bits per heavy atom. The number of hydrogen-bond donors (Lipinski definition) is 0. The molecule has 2 aromatic heterocycles. The van der Waals surface area contributed by atoms with Crippen LogP contribution < -0.4 is 4.90 Å². The minimum Gasteiger partial charge on any atom is -0.455 e. The molecule has 66 heavy (non-hydrogen) atoms. The number of benzene rings is 11. The highest BCUT2D eigenvalue weighted by Gasteiger charge is 2.36. The fourth-order valence-electron chi connectivity index (χ4n) is 11.4. The van der Waals surface area contributed by atoms with Crippen LogP contribution in [-0.4, -0.2) is 4.57 Å². The van der Waals surface area contributed by atoms with Gasteiger partial charge in [0.1, 0.15) is 11.2 Å². The zero-order valence-electron chi connectivity index (χ0n) is 36.6. The van der Waals surface area contributed by atoms with Gasteiger partial charge in [-0.3, -0.25) is 0 Å². The molecule has 0 amide bonds. The first-order valence-corrected chi connectivity index (χ1v) is 22.9. The number of para-hydroxylation sites is 2. The van der Waals surface area contributed by atoms with Crippen LogP contribution >= 0.6 is 0 Å². The van der Waals surface area contributed by atoms with E-state index in [0.29, 0.717) is 0 Å². The third-order valence-electron chi connectivity index (χ3n) is 14.6. The normalized spacial score (nSPS) is 13.1. The maximum atomic E-state index is 6.56. The molecule has 0 aliphatic heterocycles. The smallest absolute Gasteiger partial charge is 0.145 e. The second-order valence-corrected chi connectivity index (χ2v) is 18.4. The van der Waals surface area contributed by atoms with Gasteiger partial charge in [-0.1, -0.05) is 159 Å². The Morgan fingerprint density at radius 1 is 0.379 bits per heavy atom. The predicted molar refractivity (Wildman–Crippen MR) is 278 cm³/mol. The van der Waals surface area contributed by atoms with Crippen LogP contribution in [0.2, 0.25) is 0 Å². The molecule has 1 aliphatic rings. The van der Waals surface area contributed by atoms with Gasteiger partial charge in [-0.15, -0.1) is 0 Å². The summed E-state index contributed by atoms with van der Waals surface area (Å²) in [6, 6.07) is 80.2. The molecular weight excluding hydrogens is 801 g/mol. The molecule has 0 radical (unpaired) electrons. The molecule has 0 unspecified atom stereocenters. The number of anilines is 3. The summed E-state index contributed by atoms with van der Waals surface area (Å²) in [5.74, 6) is 0. The zero-order valence-corrected chi connectivity index (χ0v) is 36.6. The van der Waals surface area contributed by atoms with E-state index < -0.39 is 0 Å². The van der Waals surface area contributed by atoms with Crippen LogP contribution in [0.3, 0.4) is 0 Å². The number of rotatable bonds is 5. The number of nitrogens with zero attached hydrogens (tertiary/aromatic N) is 2. The third kappa shape index (κ3) is 5.26. The molecule has 0 N–H and O–H groups in total. The van der Waals surface area contributed by atoms with Crippen molar-refractivity contribution in [1.82, 2.24) is 4.57 Å². The maximum Gasteiger partial charge on any atom is 0.145 e. The first kappa shape index (κ1) is 37.0. The summed E-state index contributed by atoms with van der Waals surface area (Å²) in [4.78, 5) is 2.44. The van der Waals surface area contributed by atoms with E-state index in [-0.39, 0.29) is 5.41 Å². The van der Waals surface area contributed by atoms with Gasteiger partial charge >= 0.3 is 0 Å². The average molecular weight is 843 g/mol. The van der Waals surface area contributed by atoms with Gasteiger partial charge in [0.25, 0.3) is 0 Å². The van der Waals surface area contributed by atoms with Crippen LogP contribution in [0.4, 0.5) is 17.1 Å². The predicted octanol–water partition coefficient (Wildman–Crippen LogP) is 17.6. The molecule has 13 aromatic rings. The molecule has 2 heterocycles. The summed E-state index contributed by atoms with van der Waals surface area (Å²) < 4.78 is 8.93. The molecule has 0 spiro atoms. The van der Waals surface area contributed by atoms with Gasteiger partial charge in [0.15, 0.2) is 0 Å². The zero-order chi connectivity index (χ0) is 43.7. The van der Waals surface area contributed by atoms with Gasteiger partial charge in [-0.05, 0) is 138 Å². The van der Waals surface area contributed by atoms with Crippen molar-refractivity contribution in [2.75, 3.05) is 4.90 Å². The van der Waals surface area contributed by atoms with Gasteiger partial charge in [-0.25, -0.2) is 0 Å². The summed E-state index contributed by atoms with van der Waals surface area (Å²) in [5, 5.41) is 12.2. The highest BCUT2D eigenvalue weighted by Crippen LogP contribution is 2.51. The Morgan fingerprint density at radius 2 is 0.909 bits per heavy atom. The van der Waals surface area contributed by atoms with E-state index in [4.69, 9.17) is 4.42 Å². The van der Waals surface area contributed by atoms with E-state index >= 15 is 0 Å². The van der Waals surface area contributed by atoms with Crippen LogP contribution in [0, 0.1) is 0 Å². The molecule has 0 atom stereocenters. The fourth-order valence-corrected chi connectivity index (χ4v) is 11.4. The average Bonchev–Trinajstić information content (AvgIpc) is 4.00. The summed E-state index contributed by atoms with van der Waals surface area (Å²) in [6.07, 6.45) is 0. The first-order valence-electron chi connectivity index (χ1n) is 22.9. The summed E-state index contributed by atoms with van der Waals surface area (Å²) in [7, 11) is 0. The van der Waals surface area contributed by atoms with Crippen LogP contribution in [0.5, 0.6) is 0 Å². The second kappa shape index (κ2) is 13.8. The number of hydrogen-bond acceptors (Lipinski definition) is 2. The summed E-state index contributed by atoms with van der Waals surface area (Å²) >= 11 is 0. The molecule has 3 nitrogen and oxygen atoms in total. The van der Waals surface area contributed by atoms with Crippen molar-refractivity contribution in [2.24, 2.45) is 0 Å². The Kier molecular flexibility index (Phi) is 7.74. The molecule has 14 rings (SSSR count). The number of furan rings is 1. The Bertz CT molecular complexity index is 4100. The molecule has 1 aliphatic carbocycles. The Hall–Kier alpha value is -8.40. The van der Waals surface area contributed by atoms with Crippen molar-refractivity contribution in [3.8, 4) is 27.9 Å². The molecule has 3 heteroatoms. The molecule has 11 aromatic carbocycles. The largest absolute Gasteiger partial charge is 0.455 e. The quantitative estimate of drug-likeness (QED) is 0.161. The van der Waals surface area contributed by atoms with Crippen molar-refractivity contribution in [3.63, 3.8) is 0 Å². The van der Waals surface area contributed by atoms with Crippen molar-refractivity contribution in [3.05, 3.63) is 230 Å². The van der Waals surface area contributed by atoms with E-state index in [9.17, 15) is 0 Å². The van der Waals surface area contributed by atoms with E-state index in [1.54, 1.807) is 0 Å². The molecule has 0 saturated carbocycles. The van der Waals surface area contributed by atoms with Crippen LogP contribution in [0.1, 0.15) is 25.0 Å². The van der Waals surface area contributed by atoms with Gasteiger partial charge in [0.05, 0.1) is 16.4 Å². The lowest BCUT2D eigenvalue weighted by atomic mass is 9.82. The highest BCUT2D eigenvalue weighted by atomic mass is 16.3. The lowest BCUT2D eigenvalue weighted by Crippen LogP contribution is -2.16. The van der Waals surface area contributed by atoms with Gasteiger partial charge in [0.2, 0.25) is 0 Å². The number of fused-ring (bicyclic) bond motifs is 16. The molecule has 0 bridgehead atoms. The van der Waals surface area contributed by atoms with Gasteiger partial charge in [-0.2, -0.15) is 0 Å². The third-order valence-corrected chi connectivity index (χ3v) is 14.6. The highest BCUT2D eigenvalue weighted by molar-refractivity contribution is 6.26. The van der Waals surface area contributed by atoms with Crippen LogP contribution in [0.15, 0.2) is 223 Å². The topological polar surface area (TPSA) is 21.3 Å². The summed E-state index contributed by atoms with van der Waals surface area (Å²) in [6.45, 7) is 4.72. The SMILES string of the molecule is CC1(C)c2ccccc2-c2ccc(N(c3ccc(-c4ccc(-n5c6ccccc6c6c7oc8ccccc8c7ccc65)cc4)cc3)c3ccc4c5ccccc5c5ccccc5c4c3)cc21. The summed E-state index contributed by atoms with van der Waals surface area (Å²) in [5.41, 5.74) is 16.2. The van der Waals surface area contributed by atoms with Crippen molar-refractivity contribution in [1.29, 1.82) is 0 Å². The Balaban J connectivity index is 0.886. The Labute approximate surface area is 382 Å².